The number of hydrogen-bond donors (Lipinski definition) is 0. The maximum atomic E-state index is 13.6. The van der Waals surface area contributed by atoms with Gasteiger partial charge in [-0.2, -0.15) is 10.2 Å². The van der Waals surface area contributed by atoms with Gasteiger partial charge in [-0.3, -0.25) is 4.79 Å². The summed E-state index contributed by atoms with van der Waals surface area (Å²) in [4.78, 5) is 13.3. The molecule has 0 unspecified atom stereocenters. The van der Waals surface area contributed by atoms with Gasteiger partial charge in [-0.05, 0) is 48.7 Å². The second-order valence-electron chi connectivity index (χ2n) is 7.05. The van der Waals surface area contributed by atoms with E-state index in [4.69, 9.17) is 11.6 Å². The van der Waals surface area contributed by atoms with E-state index >= 15 is 0 Å². The van der Waals surface area contributed by atoms with Gasteiger partial charge in [0.1, 0.15) is 11.3 Å². The fourth-order valence-corrected chi connectivity index (χ4v) is 3.66. The Morgan fingerprint density at radius 1 is 1.14 bits per heavy atom. The van der Waals surface area contributed by atoms with Crippen LogP contribution in [-0.4, -0.2) is 19.6 Å². The van der Waals surface area contributed by atoms with Crippen LogP contribution in [0.5, 0.6) is 0 Å². The summed E-state index contributed by atoms with van der Waals surface area (Å²) >= 11 is 6.13. The number of hydrogen-bond acceptors (Lipinski definition) is 3. The van der Waals surface area contributed by atoms with Gasteiger partial charge >= 0.3 is 0 Å². The predicted molar refractivity (Wildman–Crippen MR) is 106 cm³/mol. The highest BCUT2D eigenvalue weighted by molar-refractivity contribution is 6.30. The van der Waals surface area contributed by atoms with Gasteiger partial charge in [0.05, 0.1) is 24.1 Å². The zero-order valence-corrected chi connectivity index (χ0v) is 15.6. The van der Waals surface area contributed by atoms with E-state index in [-0.39, 0.29) is 17.9 Å². The molecule has 2 heterocycles. The molecule has 1 fully saturated rings. The van der Waals surface area contributed by atoms with Crippen molar-refractivity contribution in [1.82, 2.24) is 19.6 Å². The summed E-state index contributed by atoms with van der Waals surface area (Å²) in [7, 11) is 0. The van der Waals surface area contributed by atoms with Crippen LogP contribution >= 0.6 is 11.6 Å². The van der Waals surface area contributed by atoms with Crippen LogP contribution < -0.4 is 5.56 Å². The van der Waals surface area contributed by atoms with E-state index in [1.165, 1.54) is 16.8 Å². The van der Waals surface area contributed by atoms with Gasteiger partial charge in [0.2, 0.25) is 0 Å². The van der Waals surface area contributed by atoms with Crippen LogP contribution in [0, 0.1) is 5.82 Å². The Hall–Kier alpha value is -2.99. The number of aromatic nitrogens is 4. The van der Waals surface area contributed by atoms with E-state index in [1.807, 2.05) is 12.1 Å². The fraction of sp³-hybridized carbons (Fsp3) is 0.190. The maximum Gasteiger partial charge on any atom is 0.293 e. The Morgan fingerprint density at radius 2 is 1.96 bits per heavy atom. The maximum absolute atomic E-state index is 13.6. The van der Waals surface area contributed by atoms with Crippen molar-refractivity contribution in [2.24, 2.45) is 0 Å². The molecule has 5 rings (SSSR count). The topological polar surface area (TPSA) is 52.7 Å². The standard InChI is InChI=1S/C21H16ClFN4O/c22-15-4-2-6-17(10-15)27-20-18(11-24-27)19(14-7-8-14)25-26(21(20)28)12-13-3-1-5-16(23)9-13/h1-6,9-11,14H,7-8,12H2. The summed E-state index contributed by atoms with van der Waals surface area (Å²) in [6, 6.07) is 13.4. The number of benzene rings is 2. The van der Waals surface area contributed by atoms with Gasteiger partial charge in [0.25, 0.3) is 5.56 Å². The smallest absolute Gasteiger partial charge is 0.265 e. The van der Waals surface area contributed by atoms with E-state index in [9.17, 15) is 9.18 Å². The van der Waals surface area contributed by atoms with E-state index in [2.05, 4.69) is 10.2 Å². The average molecular weight is 395 g/mol. The summed E-state index contributed by atoms with van der Waals surface area (Å²) < 4.78 is 16.6. The minimum atomic E-state index is -0.335. The van der Waals surface area contributed by atoms with Crippen molar-refractivity contribution in [3.8, 4) is 5.69 Å². The highest BCUT2D eigenvalue weighted by atomic mass is 35.5. The molecule has 5 nitrogen and oxygen atoms in total. The molecule has 0 N–H and O–H groups in total. The molecule has 1 saturated carbocycles. The van der Waals surface area contributed by atoms with Gasteiger partial charge in [-0.15, -0.1) is 0 Å². The number of nitrogens with zero attached hydrogens (tertiary/aromatic N) is 4. The van der Waals surface area contributed by atoms with Crippen molar-refractivity contribution in [2.45, 2.75) is 25.3 Å². The van der Waals surface area contributed by atoms with Crippen LogP contribution in [0.15, 0.2) is 59.5 Å². The molecule has 0 saturated heterocycles. The summed E-state index contributed by atoms with van der Waals surface area (Å²) in [6.45, 7) is 0.201. The summed E-state index contributed by atoms with van der Waals surface area (Å²) in [5.41, 5.74) is 2.48. The number of halogens is 2. The average Bonchev–Trinajstić information content (AvgIpc) is 3.42. The molecule has 0 spiro atoms. The molecule has 0 aliphatic heterocycles. The van der Waals surface area contributed by atoms with Gasteiger partial charge in [0.15, 0.2) is 0 Å². The number of fused-ring (bicyclic) bond motifs is 1. The Bertz CT molecular complexity index is 1260. The monoisotopic (exact) mass is 394 g/mol. The lowest BCUT2D eigenvalue weighted by molar-refractivity contribution is 0.606. The van der Waals surface area contributed by atoms with Crippen molar-refractivity contribution in [3.05, 3.63) is 87.2 Å². The molecular formula is C21H16ClFN4O. The molecule has 0 radical (unpaired) electrons. The third kappa shape index (κ3) is 2.99. The Labute approximate surface area is 165 Å². The summed E-state index contributed by atoms with van der Waals surface area (Å²) in [5.74, 6) is -0.00289. The van der Waals surface area contributed by atoms with Crippen molar-refractivity contribution < 1.29 is 4.39 Å². The third-order valence-corrected chi connectivity index (χ3v) is 5.18. The lowest BCUT2D eigenvalue weighted by Gasteiger charge is -2.10. The molecule has 2 aromatic carbocycles. The van der Waals surface area contributed by atoms with Gasteiger partial charge < -0.3 is 0 Å². The van der Waals surface area contributed by atoms with Gasteiger partial charge in [-0.25, -0.2) is 13.8 Å². The summed E-state index contributed by atoms with van der Waals surface area (Å²) in [6.07, 6.45) is 3.79. The van der Waals surface area contributed by atoms with Crippen LogP contribution in [0.1, 0.15) is 30.0 Å². The highest BCUT2D eigenvalue weighted by Gasteiger charge is 2.30. The first-order valence-electron chi connectivity index (χ1n) is 9.09. The molecular weight excluding hydrogens is 379 g/mol. The molecule has 1 aliphatic carbocycles. The zero-order valence-electron chi connectivity index (χ0n) is 14.8. The SMILES string of the molecule is O=c1c2c(cnn2-c2cccc(Cl)c2)c(C2CC2)nn1Cc1cccc(F)c1. The third-order valence-electron chi connectivity index (χ3n) is 4.95. The molecule has 2 aromatic heterocycles. The van der Waals surface area contributed by atoms with Crippen LogP contribution in [-0.2, 0) is 6.54 Å². The Kier molecular flexibility index (Phi) is 4.02. The van der Waals surface area contributed by atoms with Crippen LogP contribution in [0.3, 0.4) is 0 Å². The molecule has 4 aromatic rings. The molecule has 7 heteroatoms. The van der Waals surface area contributed by atoms with Gasteiger partial charge in [0, 0.05) is 16.3 Å². The van der Waals surface area contributed by atoms with Crippen molar-refractivity contribution >= 4 is 22.5 Å². The molecule has 1 aliphatic rings. The second-order valence-corrected chi connectivity index (χ2v) is 7.49. The van der Waals surface area contributed by atoms with Crippen LogP contribution in [0.2, 0.25) is 5.02 Å². The van der Waals surface area contributed by atoms with E-state index < -0.39 is 0 Å². The summed E-state index contributed by atoms with van der Waals surface area (Å²) in [5, 5.41) is 10.4. The largest absolute Gasteiger partial charge is 0.293 e. The van der Waals surface area contributed by atoms with Crippen LogP contribution in [0.4, 0.5) is 4.39 Å². The molecule has 0 bridgehead atoms. The lowest BCUT2D eigenvalue weighted by atomic mass is 10.2. The Balaban J connectivity index is 1.72. The number of rotatable bonds is 4. The Morgan fingerprint density at radius 3 is 2.71 bits per heavy atom. The minimum absolute atomic E-state index is 0.201. The van der Waals surface area contributed by atoms with Crippen molar-refractivity contribution in [1.29, 1.82) is 0 Å². The van der Waals surface area contributed by atoms with E-state index in [1.54, 1.807) is 35.1 Å². The minimum Gasteiger partial charge on any atom is -0.265 e. The van der Waals surface area contributed by atoms with E-state index in [0.717, 1.165) is 23.9 Å². The quantitative estimate of drug-likeness (QED) is 0.518. The first-order chi connectivity index (χ1) is 13.6. The van der Waals surface area contributed by atoms with Crippen molar-refractivity contribution in [3.63, 3.8) is 0 Å². The zero-order chi connectivity index (χ0) is 19.3. The van der Waals surface area contributed by atoms with E-state index in [0.29, 0.717) is 27.7 Å². The van der Waals surface area contributed by atoms with Crippen molar-refractivity contribution in [2.75, 3.05) is 0 Å². The van der Waals surface area contributed by atoms with Crippen LogP contribution in [0.25, 0.3) is 16.6 Å². The lowest BCUT2D eigenvalue weighted by Crippen LogP contribution is -2.26. The molecule has 0 amide bonds. The molecule has 0 atom stereocenters. The normalized spacial score (nSPS) is 13.9. The first kappa shape index (κ1) is 17.1. The highest BCUT2D eigenvalue weighted by Crippen LogP contribution is 2.41. The predicted octanol–water partition coefficient (Wildman–Crippen LogP) is 4.30. The molecule has 28 heavy (non-hydrogen) atoms. The fourth-order valence-electron chi connectivity index (χ4n) is 3.47. The second kappa shape index (κ2) is 6.56. The first-order valence-corrected chi connectivity index (χ1v) is 9.47. The molecule has 140 valence electrons. The van der Waals surface area contributed by atoms with Gasteiger partial charge in [-0.1, -0.05) is 29.8 Å².